The largest absolute Gasteiger partial charge is 0.456 e. The zero-order valence-electron chi connectivity index (χ0n) is 15.2. The van der Waals surface area contributed by atoms with E-state index < -0.39 is 11.9 Å². The quantitative estimate of drug-likeness (QED) is 0.656. The van der Waals surface area contributed by atoms with Crippen LogP contribution in [0.25, 0.3) is 0 Å². The molecule has 0 atom stereocenters. The number of esters is 1. The molecule has 2 aromatic rings. The molecule has 7 heteroatoms. The Morgan fingerprint density at radius 2 is 1.81 bits per heavy atom. The summed E-state index contributed by atoms with van der Waals surface area (Å²) in [6, 6.07) is 12.7. The second-order valence-electron chi connectivity index (χ2n) is 6.01. The molecular weight excluding hydrogens is 412 g/mol. The summed E-state index contributed by atoms with van der Waals surface area (Å²) >= 11 is 3.36. The lowest BCUT2D eigenvalue weighted by molar-refractivity contribution is -0.147. The zero-order valence-corrected chi connectivity index (χ0v) is 16.8. The van der Waals surface area contributed by atoms with E-state index in [4.69, 9.17) is 4.74 Å². The molecule has 2 aromatic carbocycles. The molecule has 142 valence electrons. The fourth-order valence-corrected chi connectivity index (χ4v) is 2.92. The van der Waals surface area contributed by atoms with Gasteiger partial charge in [-0.25, -0.2) is 0 Å². The van der Waals surface area contributed by atoms with Gasteiger partial charge in [-0.15, -0.1) is 0 Å². The van der Waals surface area contributed by atoms with Crippen LogP contribution >= 0.6 is 15.9 Å². The normalized spacial score (nSPS) is 10.2. The third kappa shape index (κ3) is 6.53. The molecule has 27 heavy (non-hydrogen) atoms. The van der Waals surface area contributed by atoms with Crippen LogP contribution in [-0.4, -0.2) is 30.9 Å². The molecule has 2 N–H and O–H groups in total. The predicted molar refractivity (Wildman–Crippen MR) is 107 cm³/mol. The van der Waals surface area contributed by atoms with E-state index in [0.29, 0.717) is 11.3 Å². The molecule has 0 saturated carbocycles. The van der Waals surface area contributed by atoms with E-state index in [2.05, 4.69) is 26.6 Å². The Bertz CT molecular complexity index is 852. The van der Waals surface area contributed by atoms with Crippen LogP contribution in [0, 0.1) is 13.8 Å². The van der Waals surface area contributed by atoms with Crippen molar-refractivity contribution in [2.24, 2.45) is 0 Å². The number of hydrogen-bond donors (Lipinski definition) is 2. The van der Waals surface area contributed by atoms with E-state index in [1.54, 1.807) is 18.2 Å². The van der Waals surface area contributed by atoms with Crippen LogP contribution in [0.1, 0.15) is 27.9 Å². The first kappa shape index (κ1) is 20.6. The Balaban J connectivity index is 1.70. The first-order chi connectivity index (χ1) is 12.9. The van der Waals surface area contributed by atoms with Gasteiger partial charge in [0.05, 0.1) is 12.1 Å². The van der Waals surface area contributed by atoms with Crippen LogP contribution in [-0.2, 0) is 14.3 Å². The Morgan fingerprint density at radius 3 is 2.52 bits per heavy atom. The van der Waals surface area contributed by atoms with Gasteiger partial charge in [0.25, 0.3) is 11.8 Å². The third-order valence-electron chi connectivity index (χ3n) is 3.77. The van der Waals surface area contributed by atoms with Gasteiger partial charge in [0, 0.05) is 16.6 Å². The Labute approximate surface area is 166 Å². The van der Waals surface area contributed by atoms with Crippen molar-refractivity contribution >= 4 is 39.4 Å². The second-order valence-corrected chi connectivity index (χ2v) is 6.87. The van der Waals surface area contributed by atoms with Gasteiger partial charge in [0.2, 0.25) is 0 Å². The van der Waals surface area contributed by atoms with Gasteiger partial charge in [-0.3, -0.25) is 14.4 Å². The van der Waals surface area contributed by atoms with Gasteiger partial charge in [0.15, 0.2) is 6.61 Å². The van der Waals surface area contributed by atoms with Gasteiger partial charge in [-0.2, -0.15) is 0 Å². The summed E-state index contributed by atoms with van der Waals surface area (Å²) in [7, 11) is 0. The molecule has 0 heterocycles. The minimum atomic E-state index is -0.557. The van der Waals surface area contributed by atoms with Gasteiger partial charge in [-0.1, -0.05) is 24.3 Å². The monoisotopic (exact) mass is 432 g/mol. The van der Waals surface area contributed by atoms with Gasteiger partial charge < -0.3 is 15.4 Å². The van der Waals surface area contributed by atoms with E-state index in [-0.39, 0.29) is 25.5 Å². The summed E-state index contributed by atoms with van der Waals surface area (Å²) in [4.78, 5) is 35.7. The fraction of sp³-hybridized carbons (Fsp3) is 0.250. The highest BCUT2D eigenvalue weighted by molar-refractivity contribution is 9.10. The number of carbonyl (C=O) groups is 3. The van der Waals surface area contributed by atoms with E-state index in [9.17, 15) is 14.4 Å². The lowest BCUT2D eigenvalue weighted by atomic mass is 10.1. The van der Waals surface area contributed by atoms with Crippen molar-refractivity contribution < 1.29 is 19.1 Å². The van der Waals surface area contributed by atoms with Crippen molar-refractivity contribution in [1.82, 2.24) is 5.32 Å². The molecule has 0 aliphatic rings. The summed E-state index contributed by atoms with van der Waals surface area (Å²) in [6.07, 6.45) is -0.0148. The van der Waals surface area contributed by atoms with Crippen LogP contribution in [0.15, 0.2) is 46.9 Å². The Kier molecular flexibility index (Phi) is 7.55. The molecule has 0 unspecified atom stereocenters. The first-order valence-electron chi connectivity index (χ1n) is 8.42. The number of ether oxygens (including phenoxy) is 1. The van der Waals surface area contributed by atoms with Crippen LogP contribution < -0.4 is 10.6 Å². The van der Waals surface area contributed by atoms with Crippen LogP contribution in [0.3, 0.4) is 0 Å². The average molecular weight is 433 g/mol. The third-order valence-corrected chi connectivity index (χ3v) is 4.42. The molecule has 0 aliphatic carbocycles. The van der Waals surface area contributed by atoms with Crippen molar-refractivity contribution in [3.8, 4) is 0 Å². The highest BCUT2D eigenvalue weighted by Gasteiger charge is 2.11. The molecule has 0 aromatic heterocycles. The van der Waals surface area contributed by atoms with E-state index in [0.717, 1.165) is 15.6 Å². The van der Waals surface area contributed by atoms with Gasteiger partial charge in [-0.05, 0) is 59.1 Å². The predicted octanol–water partition coefficient (Wildman–Crippen LogP) is 3.37. The van der Waals surface area contributed by atoms with Gasteiger partial charge >= 0.3 is 5.97 Å². The molecule has 0 bridgehead atoms. The molecule has 2 amide bonds. The number of halogens is 1. The van der Waals surface area contributed by atoms with Crippen molar-refractivity contribution in [1.29, 1.82) is 0 Å². The van der Waals surface area contributed by atoms with Crippen molar-refractivity contribution in [2.75, 3.05) is 18.5 Å². The number of rotatable bonds is 7. The van der Waals surface area contributed by atoms with E-state index in [1.807, 2.05) is 38.1 Å². The highest BCUT2D eigenvalue weighted by atomic mass is 79.9. The number of nitrogens with one attached hydrogen (secondary N) is 2. The summed E-state index contributed by atoms with van der Waals surface area (Å²) < 4.78 is 5.68. The molecule has 0 saturated heterocycles. The smallest absolute Gasteiger partial charge is 0.308 e. The average Bonchev–Trinajstić information content (AvgIpc) is 2.62. The topological polar surface area (TPSA) is 84.5 Å². The minimum absolute atomic E-state index is 0.0148. The molecule has 0 radical (unpaired) electrons. The maximum Gasteiger partial charge on any atom is 0.308 e. The Hall–Kier alpha value is -2.67. The van der Waals surface area contributed by atoms with E-state index in [1.165, 1.54) is 0 Å². The molecular formula is C20H21BrN2O4. The Morgan fingerprint density at radius 1 is 1.07 bits per heavy atom. The minimum Gasteiger partial charge on any atom is -0.456 e. The second kappa shape index (κ2) is 9.87. The lowest BCUT2D eigenvalue weighted by Gasteiger charge is -2.09. The molecule has 0 fully saturated rings. The standard InChI is InChI=1S/C20H21BrN2O4/c1-13-7-8-17(16(21)11-13)23-18(24)12-27-19(25)9-10-22-20(26)15-6-4-3-5-14(15)2/h3-8,11H,9-10,12H2,1-2H3,(H,22,26)(H,23,24). The van der Waals surface area contributed by atoms with Crippen LogP contribution in [0.4, 0.5) is 5.69 Å². The molecule has 0 spiro atoms. The SMILES string of the molecule is Cc1ccc(NC(=O)COC(=O)CCNC(=O)c2ccccc2C)c(Br)c1. The summed E-state index contributed by atoms with van der Waals surface area (Å²) in [6.45, 7) is 3.53. The highest BCUT2D eigenvalue weighted by Crippen LogP contribution is 2.23. The summed E-state index contributed by atoms with van der Waals surface area (Å²) in [5.74, 6) is -1.24. The zero-order chi connectivity index (χ0) is 19.8. The fourth-order valence-electron chi connectivity index (χ4n) is 2.33. The first-order valence-corrected chi connectivity index (χ1v) is 9.21. The van der Waals surface area contributed by atoms with Crippen molar-refractivity contribution in [2.45, 2.75) is 20.3 Å². The van der Waals surface area contributed by atoms with E-state index >= 15 is 0 Å². The lowest BCUT2D eigenvalue weighted by Crippen LogP contribution is -2.28. The number of carbonyl (C=O) groups excluding carboxylic acids is 3. The number of hydrogen-bond acceptors (Lipinski definition) is 4. The molecule has 0 aliphatic heterocycles. The van der Waals surface area contributed by atoms with Crippen molar-refractivity contribution in [3.05, 3.63) is 63.6 Å². The molecule has 6 nitrogen and oxygen atoms in total. The molecule has 2 rings (SSSR count). The number of benzene rings is 2. The van der Waals surface area contributed by atoms with Gasteiger partial charge in [0.1, 0.15) is 0 Å². The number of aryl methyl sites for hydroxylation is 2. The maximum atomic E-state index is 12.0. The number of anilines is 1. The van der Waals surface area contributed by atoms with Crippen LogP contribution in [0.2, 0.25) is 0 Å². The van der Waals surface area contributed by atoms with Crippen LogP contribution in [0.5, 0.6) is 0 Å². The maximum absolute atomic E-state index is 12.0. The van der Waals surface area contributed by atoms with Crippen molar-refractivity contribution in [3.63, 3.8) is 0 Å². The number of amides is 2. The summed E-state index contributed by atoms with van der Waals surface area (Å²) in [5.41, 5.74) is 3.08. The summed E-state index contributed by atoms with van der Waals surface area (Å²) in [5, 5.41) is 5.33.